The van der Waals surface area contributed by atoms with Crippen molar-refractivity contribution >= 4 is 20.2 Å². The predicted octanol–water partition coefficient (Wildman–Crippen LogP) is 0.540. The van der Waals surface area contributed by atoms with Crippen LogP contribution >= 0.6 is 0 Å². The van der Waals surface area contributed by atoms with Gasteiger partial charge < -0.3 is 0 Å². The van der Waals surface area contributed by atoms with E-state index >= 15 is 0 Å². The van der Waals surface area contributed by atoms with Crippen molar-refractivity contribution in [1.82, 2.24) is 0 Å². The van der Waals surface area contributed by atoms with E-state index in [9.17, 15) is 16.8 Å². The Kier molecular flexibility index (Phi) is 3.00. The zero-order valence-corrected chi connectivity index (χ0v) is 13.8. The minimum Gasteiger partial charge on any atom is -0.266 e. The van der Waals surface area contributed by atoms with Crippen LogP contribution in [0.1, 0.15) is 0 Å². The first-order valence-corrected chi connectivity index (χ1v) is 10.9. The average Bonchev–Trinajstić information content (AvgIpc) is 3.01. The molecule has 22 heavy (non-hydrogen) atoms. The smallest absolute Gasteiger partial charge is 0.264 e. The highest BCUT2D eigenvalue weighted by Gasteiger charge is 2.66. The van der Waals surface area contributed by atoms with Crippen LogP contribution in [0.5, 0.6) is 0 Å². The molecule has 0 heterocycles. The second-order valence-corrected chi connectivity index (χ2v) is 9.97. The molecule has 0 aliphatic heterocycles. The van der Waals surface area contributed by atoms with E-state index in [-0.39, 0.29) is 47.7 Å². The van der Waals surface area contributed by atoms with E-state index in [2.05, 4.69) is 0 Å². The van der Waals surface area contributed by atoms with Crippen LogP contribution in [0.2, 0.25) is 0 Å². The van der Waals surface area contributed by atoms with Gasteiger partial charge in [0.2, 0.25) is 0 Å². The maximum atomic E-state index is 11.5. The molecule has 4 rings (SSSR count). The second-order valence-electron chi connectivity index (χ2n) is 6.76. The van der Waals surface area contributed by atoms with Gasteiger partial charge >= 0.3 is 0 Å². The monoisotopic (exact) mass is 346 g/mol. The van der Waals surface area contributed by atoms with Crippen LogP contribution in [0.3, 0.4) is 0 Å². The summed E-state index contributed by atoms with van der Waals surface area (Å²) in [6.07, 6.45) is 9.29. The van der Waals surface area contributed by atoms with E-state index in [1.54, 1.807) is 0 Å². The summed E-state index contributed by atoms with van der Waals surface area (Å²) in [6.45, 7) is 0. The van der Waals surface area contributed by atoms with Crippen molar-refractivity contribution in [3.63, 3.8) is 0 Å². The summed E-state index contributed by atoms with van der Waals surface area (Å²) in [4.78, 5) is 0. The summed E-state index contributed by atoms with van der Waals surface area (Å²) in [5, 5.41) is 0. The maximum Gasteiger partial charge on any atom is 0.264 e. The van der Waals surface area contributed by atoms with Crippen LogP contribution in [0.4, 0.5) is 0 Å². The fourth-order valence-electron chi connectivity index (χ4n) is 5.05. The van der Waals surface area contributed by atoms with E-state index in [0.29, 0.717) is 0 Å². The second kappa shape index (κ2) is 4.43. The van der Waals surface area contributed by atoms with Crippen molar-refractivity contribution in [3.8, 4) is 0 Å². The van der Waals surface area contributed by atoms with E-state index in [1.165, 1.54) is 0 Å². The standard InChI is InChI=1S/C14H18O6S2/c1-21(15,16)19-13-7-3-5-9-11(7)12-8(13)4-6-10(12)14(9)20-22(2,17)18/h3-14H,1-2H3/t7-,8+,9+,10-,11?,12?,13?,14?. The molecule has 8 atom stereocenters. The van der Waals surface area contributed by atoms with Gasteiger partial charge in [-0.05, 0) is 11.8 Å². The lowest BCUT2D eigenvalue weighted by atomic mass is 9.88. The summed E-state index contributed by atoms with van der Waals surface area (Å²) >= 11 is 0. The summed E-state index contributed by atoms with van der Waals surface area (Å²) < 4.78 is 56.8. The number of hydrogen-bond acceptors (Lipinski definition) is 6. The Morgan fingerprint density at radius 1 is 0.636 bits per heavy atom. The molecule has 4 unspecified atom stereocenters. The third-order valence-electron chi connectivity index (χ3n) is 5.42. The molecule has 0 spiro atoms. The van der Waals surface area contributed by atoms with Gasteiger partial charge in [-0.3, -0.25) is 8.37 Å². The molecule has 2 fully saturated rings. The lowest BCUT2D eigenvalue weighted by Gasteiger charge is -2.23. The Hall–Kier alpha value is -0.700. The lowest BCUT2D eigenvalue weighted by molar-refractivity contribution is 0.112. The van der Waals surface area contributed by atoms with Crippen molar-refractivity contribution in [2.45, 2.75) is 12.2 Å². The van der Waals surface area contributed by atoms with Gasteiger partial charge in [0.25, 0.3) is 20.2 Å². The Morgan fingerprint density at radius 2 is 0.909 bits per heavy atom. The molecule has 0 amide bonds. The Bertz CT molecular complexity index is 671. The van der Waals surface area contributed by atoms with Gasteiger partial charge in [-0.25, -0.2) is 0 Å². The topological polar surface area (TPSA) is 86.7 Å². The minimum absolute atomic E-state index is 0.00957. The molecule has 0 bridgehead atoms. The predicted molar refractivity (Wildman–Crippen MR) is 78.7 cm³/mol. The number of rotatable bonds is 4. The normalized spacial score (nSPS) is 48.3. The average molecular weight is 346 g/mol. The Morgan fingerprint density at radius 3 is 1.14 bits per heavy atom. The molecule has 0 N–H and O–H groups in total. The van der Waals surface area contributed by atoms with Crippen LogP contribution in [-0.2, 0) is 28.6 Å². The molecule has 4 aliphatic carbocycles. The number of hydrogen-bond donors (Lipinski definition) is 0. The summed E-state index contributed by atoms with van der Waals surface area (Å²) in [6, 6.07) is 0. The highest BCUT2D eigenvalue weighted by molar-refractivity contribution is 7.86. The zero-order valence-electron chi connectivity index (χ0n) is 12.2. The maximum absolute atomic E-state index is 11.5. The third-order valence-corrected chi connectivity index (χ3v) is 6.57. The van der Waals surface area contributed by atoms with Gasteiger partial charge in [-0.1, -0.05) is 24.3 Å². The van der Waals surface area contributed by atoms with Crippen LogP contribution in [-0.4, -0.2) is 41.6 Å². The molecule has 122 valence electrons. The summed E-state index contributed by atoms with van der Waals surface area (Å²) in [7, 11) is -7.05. The van der Waals surface area contributed by atoms with Crippen molar-refractivity contribution < 1.29 is 25.2 Å². The highest BCUT2D eigenvalue weighted by Crippen LogP contribution is 2.64. The molecule has 4 aliphatic rings. The zero-order chi connectivity index (χ0) is 15.9. The SMILES string of the molecule is CS(=O)(=O)OC1[C@H]2C=C[C@H]3C(OS(C)(=O)=O)[C@H]4C=C[C@@H]1C4C23. The molecule has 8 heteroatoms. The van der Waals surface area contributed by atoms with E-state index in [4.69, 9.17) is 8.37 Å². The van der Waals surface area contributed by atoms with E-state index < -0.39 is 20.2 Å². The van der Waals surface area contributed by atoms with Crippen molar-refractivity contribution in [3.05, 3.63) is 24.3 Å². The molecule has 6 nitrogen and oxygen atoms in total. The Balaban J connectivity index is 1.68. The quantitative estimate of drug-likeness (QED) is 0.545. The van der Waals surface area contributed by atoms with Gasteiger partial charge in [0.1, 0.15) is 0 Å². The van der Waals surface area contributed by atoms with E-state index in [1.807, 2.05) is 24.3 Å². The Labute approximate surface area is 130 Å². The first-order chi connectivity index (χ1) is 10.2. The van der Waals surface area contributed by atoms with Gasteiger partial charge in [0.05, 0.1) is 24.7 Å². The minimum atomic E-state index is -3.52. The van der Waals surface area contributed by atoms with Crippen molar-refractivity contribution in [2.24, 2.45) is 35.5 Å². The van der Waals surface area contributed by atoms with E-state index in [0.717, 1.165) is 12.5 Å². The largest absolute Gasteiger partial charge is 0.266 e. The van der Waals surface area contributed by atoms with Crippen molar-refractivity contribution in [1.29, 1.82) is 0 Å². The summed E-state index contributed by atoms with van der Waals surface area (Å²) in [5.41, 5.74) is 0. The first kappa shape index (κ1) is 14.9. The molecule has 0 aromatic heterocycles. The lowest BCUT2D eigenvalue weighted by Crippen LogP contribution is -2.31. The molecule has 0 aromatic carbocycles. The molecule has 0 radical (unpaired) electrons. The fraction of sp³-hybridized carbons (Fsp3) is 0.714. The van der Waals surface area contributed by atoms with Gasteiger partial charge in [-0.15, -0.1) is 0 Å². The third kappa shape index (κ3) is 2.11. The van der Waals surface area contributed by atoms with Crippen LogP contribution < -0.4 is 0 Å². The van der Waals surface area contributed by atoms with Gasteiger partial charge in [0.15, 0.2) is 0 Å². The molecular formula is C14H18O6S2. The van der Waals surface area contributed by atoms with Crippen molar-refractivity contribution in [2.75, 3.05) is 12.5 Å². The molecule has 0 saturated heterocycles. The molecule has 2 saturated carbocycles. The molecule has 0 aromatic rings. The first-order valence-electron chi connectivity index (χ1n) is 7.29. The van der Waals surface area contributed by atoms with Crippen LogP contribution in [0, 0.1) is 35.5 Å². The van der Waals surface area contributed by atoms with Gasteiger partial charge in [-0.2, -0.15) is 16.8 Å². The summed E-state index contributed by atoms with van der Waals surface area (Å²) in [5.74, 6) is 0.434. The van der Waals surface area contributed by atoms with Gasteiger partial charge in [0, 0.05) is 23.7 Å². The molecular weight excluding hydrogens is 328 g/mol. The fourth-order valence-corrected chi connectivity index (χ4v) is 6.37. The van der Waals surface area contributed by atoms with Crippen LogP contribution in [0.25, 0.3) is 0 Å². The van der Waals surface area contributed by atoms with Crippen LogP contribution in [0.15, 0.2) is 24.3 Å². The highest BCUT2D eigenvalue weighted by atomic mass is 32.2.